The van der Waals surface area contributed by atoms with Crippen LogP contribution in [-0.2, 0) is 14.3 Å². The monoisotopic (exact) mass is 402 g/mol. The summed E-state index contributed by atoms with van der Waals surface area (Å²) in [6.45, 7) is 1.87. The van der Waals surface area contributed by atoms with E-state index in [9.17, 15) is 19.8 Å². The lowest BCUT2D eigenvalue weighted by atomic mass is 10.1. The van der Waals surface area contributed by atoms with Crippen molar-refractivity contribution in [2.45, 2.75) is 76.6 Å². The number of esters is 1. The van der Waals surface area contributed by atoms with Crippen LogP contribution in [0, 0.1) is 0 Å². The standard InChI is InChI=1S/C24H34O5/c1-20-13-7-3-2-4-8-16-22(26)19-23(27)17-11-5-9-14-21(25)15-10-6-12-18-24(28)29-20/h2,4-6,9-12,14,18,20-21,23,25,27H,3,7-8,13,15-17,19H2,1H3/b4-2+,10-6+,11-5+,14-9+,18-12-/t20-,21-,23+/m0/s1. The van der Waals surface area contributed by atoms with Gasteiger partial charge >= 0.3 is 5.97 Å². The van der Waals surface area contributed by atoms with Gasteiger partial charge in [-0.2, -0.15) is 0 Å². The summed E-state index contributed by atoms with van der Waals surface area (Å²) < 4.78 is 5.31. The van der Waals surface area contributed by atoms with E-state index in [2.05, 4.69) is 0 Å². The molecule has 1 aliphatic rings. The Bertz CT molecular complexity index is 627. The summed E-state index contributed by atoms with van der Waals surface area (Å²) in [5, 5.41) is 19.8. The molecule has 0 bridgehead atoms. The highest BCUT2D eigenvalue weighted by Gasteiger charge is 2.09. The maximum absolute atomic E-state index is 11.9. The Kier molecular flexibility index (Phi) is 13.4. The molecule has 29 heavy (non-hydrogen) atoms. The van der Waals surface area contributed by atoms with Crippen LogP contribution in [0.15, 0.2) is 60.8 Å². The van der Waals surface area contributed by atoms with Crippen molar-refractivity contribution in [1.29, 1.82) is 0 Å². The van der Waals surface area contributed by atoms with Crippen molar-refractivity contribution in [3.63, 3.8) is 0 Å². The number of carbonyl (C=O) groups is 2. The Balaban J connectivity index is 2.61. The maximum Gasteiger partial charge on any atom is 0.331 e. The summed E-state index contributed by atoms with van der Waals surface area (Å²) in [7, 11) is 0. The van der Waals surface area contributed by atoms with Gasteiger partial charge in [-0.15, -0.1) is 0 Å². The molecule has 0 radical (unpaired) electrons. The number of ketones is 1. The molecular formula is C24H34O5. The van der Waals surface area contributed by atoms with Gasteiger partial charge < -0.3 is 14.9 Å². The van der Waals surface area contributed by atoms with E-state index in [0.29, 0.717) is 25.7 Å². The van der Waals surface area contributed by atoms with Crippen molar-refractivity contribution >= 4 is 11.8 Å². The number of ether oxygens (including phenoxy) is 1. The molecule has 0 unspecified atom stereocenters. The zero-order valence-corrected chi connectivity index (χ0v) is 17.3. The van der Waals surface area contributed by atoms with Gasteiger partial charge in [0.15, 0.2) is 0 Å². The zero-order valence-electron chi connectivity index (χ0n) is 17.3. The van der Waals surface area contributed by atoms with Crippen LogP contribution in [-0.4, -0.2) is 40.3 Å². The Hall–Kier alpha value is -2.24. The van der Waals surface area contributed by atoms with Crippen molar-refractivity contribution < 1.29 is 24.5 Å². The number of carbonyl (C=O) groups excluding carboxylic acids is 2. The normalized spacial score (nSPS) is 32.3. The van der Waals surface area contributed by atoms with Gasteiger partial charge in [0, 0.05) is 18.9 Å². The first kappa shape index (κ1) is 24.8. The van der Waals surface area contributed by atoms with E-state index in [-0.39, 0.29) is 24.3 Å². The smallest absolute Gasteiger partial charge is 0.331 e. The first-order chi connectivity index (χ1) is 14.0. The van der Waals surface area contributed by atoms with Gasteiger partial charge in [-0.1, -0.05) is 54.7 Å². The van der Waals surface area contributed by atoms with Crippen molar-refractivity contribution in [2.24, 2.45) is 0 Å². The highest BCUT2D eigenvalue weighted by atomic mass is 16.5. The molecule has 5 heteroatoms. The SMILES string of the molecule is C[C@H]1CCC/C=C/CCC(=O)C[C@H](O)C/C=C/C=C/[C@H](O)C/C=C/C=C\C(=O)O1. The van der Waals surface area contributed by atoms with Crippen molar-refractivity contribution in [1.82, 2.24) is 0 Å². The van der Waals surface area contributed by atoms with E-state index in [4.69, 9.17) is 4.74 Å². The molecule has 1 aliphatic heterocycles. The van der Waals surface area contributed by atoms with E-state index in [1.165, 1.54) is 6.08 Å². The number of allylic oxidation sites excluding steroid dienone is 6. The minimum Gasteiger partial charge on any atom is -0.460 e. The molecule has 0 aromatic rings. The third kappa shape index (κ3) is 14.4. The van der Waals surface area contributed by atoms with Crippen LogP contribution < -0.4 is 0 Å². The predicted molar refractivity (Wildman–Crippen MR) is 115 cm³/mol. The summed E-state index contributed by atoms with van der Waals surface area (Å²) in [6, 6.07) is 0. The molecule has 1 rings (SSSR count). The van der Waals surface area contributed by atoms with Crippen molar-refractivity contribution in [3.8, 4) is 0 Å². The predicted octanol–water partition coefficient (Wildman–Crippen LogP) is 4.12. The lowest BCUT2D eigenvalue weighted by molar-refractivity contribution is -0.142. The van der Waals surface area contributed by atoms with Gasteiger partial charge in [-0.25, -0.2) is 4.79 Å². The molecule has 0 saturated carbocycles. The van der Waals surface area contributed by atoms with Crippen LogP contribution in [0.1, 0.15) is 58.3 Å². The number of rotatable bonds is 0. The number of Topliss-reactive ketones (excluding diaryl/α,β-unsaturated/α-hetero) is 1. The second-order valence-electron chi connectivity index (χ2n) is 7.22. The average Bonchev–Trinajstić information content (AvgIpc) is 2.65. The minimum absolute atomic E-state index is 0.0522. The number of aliphatic hydroxyl groups excluding tert-OH is 2. The second kappa shape index (κ2) is 15.7. The molecule has 0 spiro atoms. The summed E-state index contributed by atoms with van der Waals surface area (Å²) in [5.74, 6) is -0.324. The third-order valence-corrected chi connectivity index (χ3v) is 4.36. The topological polar surface area (TPSA) is 83.8 Å². The number of hydrogen-bond acceptors (Lipinski definition) is 5. The lowest BCUT2D eigenvalue weighted by Gasteiger charge is -2.10. The molecular weight excluding hydrogens is 368 g/mol. The number of aliphatic hydroxyl groups is 2. The van der Waals surface area contributed by atoms with E-state index in [0.717, 1.165) is 19.3 Å². The summed E-state index contributed by atoms with van der Waals surface area (Å²) in [4.78, 5) is 23.6. The Labute approximate surface area is 174 Å². The molecule has 1 heterocycles. The zero-order chi connectivity index (χ0) is 21.3. The molecule has 0 saturated heterocycles. The van der Waals surface area contributed by atoms with Crippen LogP contribution in [0.25, 0.3) is 0 Å². The molecule has 160 valence electrons. The van der Waals surface area contributed by atoms with Crippen LogP contribution in [0.3, 0.4) is 0 Å². The Morgan fingerprint density at radius 1 is 0.931 bits per heavy atom. The summed E-state index contributed by atoms with van der Waals surface area (Å²) >= 11 is 0. The van der Waals surface area contributed by atoms with Crippen LogP contribution >= 0.6 is 0 Å². The number of cyclic esters (lactones) is 1. The van der Waals surface area contributed by atoms with Gasteiger partial charge in [-0.05, 0) is 45.4 Å². The fraction of sp³-hybridized carbons (Fsp3) is 0.500. The molecule has 2 N–H and O–H groups in total. The Morgan fingerprint density at radius 2 is 1.66 bits per heavy atom. The molecule has 5 nitrogen and oxygen atoms in total. The summed E-state index contributed by atoms with van der Waals surface area (Å²) in [5.41, 5.74) is 0. The van der Waals surface area contributed by atoms with E-state index < -0.39 is 12.2 Å². The van der Waals surface area contributed by atoms with Crippen LogP contribution in [0.5, 0.6) is 0 Å². The first-order valence-corrected chi connectivity index (χ1v) is 10.4. The molecule has 0 aromatic carbocycles. The van der Waals surface area contributed by atoms with Crippen LogP contribution in [0.2, 0.25) is 0 Å². The fourth-order valence-electron chi connectivity index (χ4n) is 2.76. The fourth-order valence-corrected chi connectivity index (χ4v) is 2.76. The molecule has 3 atom stereocenters. The quantitative estimate of drug-likeness (QED) is 0.470. The van der Waals surface area contributed by atoms with Crippen LogP contribution in [0.4, 0.5) is 0 Å². The molecule has 0 aromatic heterocycles. The maximum atomic E-state index is 11.9. The van der Waals surface area contributed by atoms with E-state index in [1.54, 1.807) is 42.5 Å². The van der Waals surface area contributed by atoms with Gasteiger partial charge in [0.05, 0.1) is 18.3 Å². The van der Waals surface area contributed by atoms with E-state index >= 15 is 0 Å². The third-order valence-electron chi connectivity index (χ3n) is 4.36. The number of hydrogen-bond donors (Lipinski definition) is 2. The largest absolute Gasteiger partial charge is 0.460 e. The minimum atomic E-state index is -0.675. The van der Waals surface area contributed by atoms with Crippen molar-refractivity contribution in [2.75, 3.05) is 0 Å². The Morgan fingerprint density at radius 3 is 2.48 bits per heavy atom. The van der Waals surface area contributed by atoms with E-state index in [1.807, 2.05) is 19.1 Å². The van der Waals surface area contributed by atoms with Crippen molar-refractivity contribution in [3.05, 3.63) is 60.8 Å². The second-order valence-corrected chi connectivity index (χ2v) is 7.22. The van der Waals surface area contributed by atoms with Gasteiger partial charge in [-0.3, -0.25) is 4.79 Å². The molecule has 0 fully saturated rings. The first-order valence-electron chi connectivity index (χ1n) is 10.4. The van der Waals surface area contributed by atoms with Gasteiger partial charge in [0.2, 0.25) is 0 Å². The molecule has 0 amide bonds. The lowest BCUT2D eigenvalue weighted by Crippen LogP contribution is -2.12. The highest BCUT2D eigenvalue weighted by molar-refractivity contribution is 5.82. The average molecular weight is 403 g/mol. The van der Waals surface area contributed by atoms with Gasteiger partial charge in [0.1, 0.15) is 5.78 Å². The summed E-state index contributed by atoms with van der Waals surface area (Å²) in [6.07, 6.45) is 20.5. The van der Waals surface area contributed by atoms with Gasteiger partial charge in [0.25, 0.3) is 0 Å². The molecule has 0 aliphatic carbocycles. The highest BCUT2D eigenvalue weighted by Crippen LogP contribution is 2.08.